The number of fused-ring (bicyclic) bond motifs is 3. The standard InChI is InChI=1S/C17H20N4OS/c18-17-7-4-16(5-8-17,6-9-17)14(22)21-15-20-13(11-23-15)12-3-1-2-10-19-12/h1-3,10-11H,4-9,18H2,(H,20,21,22). The Morgan fingerprint density at radius 1 is 1.13 bits per heavy atom. The Hall–Kier alpha value is -1.79. The summed E-state index contributed by atoms with van der Waals surface area (Å²) in [5.74, 6) is 0.112. The van der Waals surface area contributed by atoms with Gasteiger partial charge in [0.25, 0.3) is 0 Å². The predicted octanol–water partition coefficient (Wildman–Crippen LogP) is 3.20. The lowest BCUT2D eigenvalue weighted by Gasteiger charge is -2.50. The highest BCUT2D eigenvalue weighted by atomic mass is 32.1. The van der Waals surface area contributed by atoms with Crippen LogP contribution in [0.25, 0.3) is 11.4 Å². The van der Waals surface area contributed by atoms with Crippen molar-refractivity contribution < 1.29 is 4.79 Å². The van der Waals surface area contributed by atoms with E-state index in [-0.39, 0.29) is 16.9 Å². The lowest BCUT2D eigenvalue weighted by molar-refractivity contribution is -0.131. The Balaban J connectivity index is 1.49. The summed E-state index contributed by atoms with van der Waals surface area (Å²) in [5, 5.41) is 5.62. The number of pyridine rings is 1. The van der Waals surface area contributed by atoms with Gasteiger partial charge in [-0.25, -0.2) is 4.98 Å². The Kier molecular flexibility index (Phi) is 3.46. The van der Waals surface area contributed by atoms with Crippen LogP contribution in [-0.2, 0) is 4.79 Å². The number of carbonyl (C=O) groups is 1. The SMILES string of the molecule is NC12CCC(C(=O)Nc3nc(-c4ccccn4)cs3)(CC1)CC2. The zero-order chi connectivity index (χ0) is 15.9. The fourth-order valence-corrected chi connectivity index (χ4v) is 4.45. The van der Waals surface area contributed by atoms with Crippen molar-refractivity contribution in [3.63, 3.8) is 0 Å². The van der Waals surface area contributed by atoms with Gasteiger partial charge in [-0.05, 0) is 50.7 Å². The third kappa shape index (κ3) is 2.66. The molecule has 3 aliphatic rings. The molecule has 2 bridgehead atoms. The first-order valence-corrected chi connectivity index (χ1v) is 8.94. The van der Waals surface area contributed by atoms with Crippen LogP contribution in [0.15, 0.2) is 29.8 Å². The lowest BCUT2D eigenvalue weighted by atomic mass is 9.57. The van der Waals surface area contributed by atoms with Crippen LogP contribution in [0.5, 0.6) is 0 Å². The third-order valence-corrected chi connectivity index (χ3v) is 6.20. The molecule has 0 saturated heterocycles. The average Bonchev–Trinajstić information content (AvgIpc) is 3.05. The Morgan fingerprint density at radius 2 is 1.87 bits per heavy atom. The predicted molar refractivity (Wildman–Crippen MR) is 91.0 cm³/mol. The summed E-state index contributed by atoms with van der Waals surface area (Å²) in [6.45, 7) is 0. The van der Waals surface area contributed by atoms with Gasteiger partial charge >= 0.3 is 0 Å². The molecule has 5 nitrogen and oxygen atoms in total. The third-order valence-electron chi connectivity index (χ3n) is 5.44. The fourth-order valence-electron chi connectivity index (χ4n) is 3.75. The number of hydrogen-bond donors (Lipinski definition) is 2. The molecule has 5 rings (SSSR count). The minimum Gasteiger partial charge on any atom is -0.325 e. The molecule has 3 fully saturated rings. The molecule has 3 saturated carbocycles. The summed E-state index contributed by atoms with van der Waals surface area (Å²) in [6.07, 6.45) is 7.30. The topological polar surface area (TPSA) is 80.9 Å². The largest absolute Gasteiger partial charge is 0.325 e. The van der Waals surface area contributed by atoms with Gasteiger partial charge in [0.2, 0.25) is 5.91 Å². The molecule has 6 heteroatoms. The Labute approximate surface area is 139 Å². The molecule has 0 radical (unpaired) electrons. The quantitative estimate of drug-likeness (QED) is 0.906. The van der Waals surface area contributed by atoms with E-state index < -0.39 is 0 Å². The summed E-state index contributed by atoms with van der Waals surface area (Å²) >= 11 is 1.45. The molecule has 23 heavy (non-hydrogen) atoms. The molecule has 0 aliphatic heterocycles. The van der Waals surface area contributed by atoms with Crippen molar-refractivity contribution in [3.8, 4) is 11.4 Å². The summed E-state index contributed by atoms with van der Waals surface area (Å²) in [4.78, 5) is 21.6. The molecule has 0 atom stereocenters. The number of aromatic nitrogens is 2. The first kappa shape index (κ1) is 14.8. The number of amides is 1. The zero-order valence-electron chi connectivity index (χ0n) is 12.9. The molecule has 0 spiro atoms. The van der Waals surface area contributed by atoms with Crippen molar-refractivity contribution in [2.45, 2.75) is 44.1 Å². The summed E-state index contributed by atoms with van der Waals surface area (Å²) in [7, 11) is 0. The van der Waals surface area contributed by atoms with Gasteiger partial charge in [0.1, 0.15) is 5.69 Å². The Bertz CT molecular complexity index is 703. The van der Waals surface area contributed by atoms with Gasteiger partial charge in [0.05, 0.1) is 5.69 Å². The van der Waals surface area contributed by atoms with Crippen LogP contribution in [0, 0.1) is 5.41 Å². The number of nitrogens with two attached hydrogens (primary N) is 1. The molecule has 0 aromatic carbocycles. The highest BCUT2D eigenvalue weighted by Gasteiger charge is 2.50. The maximum Gasteiger partial charge on any atom is 0.232 e. The minimum atomic E-state index is -0.238. The smallest absolute Gasteiger partial charge is 0.232 e. The number of carbonyl (C=O) groups excluding carboxylic acids is 1. The maximum absolute atomic E-state index is 12.8. The van der Waals surface area contributed by atoms with Crippen molar-refractivity contribution >= 4 is 22.4 Å². The van der Waals surface area contributed by atoms with E-state index in [0.29, 0.717) is 5.13 Å². The second-order valence-electron chi connectivity index (χ2n) is 6.85. The van der Waals surface area contributed by atoms with Crippen LogP contribution in [-0.4, -0.2) is 21.4 Å². The molecule has 2 aromatic rings. The second-order valence-corrected chi connectivity index (χ2v) is 7.71. The molecule has 3 aliphatic carbocycles. The molecular formula is C17H20N4OS. The van der Waals surface area contributed by atoms with E-state index in [2.05, 4.69) is 15.3 Å². The number of hydrogen-bond acceptors (Lipinski definition) is 5. The van der Waals surface area contributed by atoms with E-state index in [0.717, 1.165) is 49.9 Å². The molecule has 120 valence electrons. The Morgan fingerprint density at radius 3 is 2.52 bits per heavy atom. The van der Waals surface area contributed by atoms with E-state index in [1.54, 1.807) is 6.20 Å². The normalized spacial score (nSPS) is 29.4. The molecule has 2 aromatic heterocycles. The number of thiazole rings is 1. The van der Waals surface area contributed by atoms with E-state index in [1.165, 1.54) is 11.3 Å². The van der Waals surface area contributed by atoms with Gasteiger partial charge in [-0.15, -0.1) is 11.3 Å². The van der Waals surface area contributed by atoms with Gasteiger partial charge < -0.3 is 11.1 Å². The number of nitrogens with one attached hydrogen (secondary N) is 1. The maximum atomic E-state index is 12.8. The van der Waals surface area contributed by atoms with Crippen LogP contribution >= 0.6 is 11.3 Å². The van der Waals surface area contributed by atoms with E-state index >= 15 is 0 Å². The van der Waals surface area contributed by atoms with Crippen molar-refractivity contribution in [2.24, 2.45) is 11.1 Å². The van der Waals surface area contributed by atoms with Crippen molar-refractivity contribution in [2.75, 3.05) is 5.32 Å². The average molecular weight is 328 g/mol. The highest BCUT2D eigenvalue weighted by molar-refractivity contribution is 7.14. The number of nitrogens with zero attached hydrogens (tertiary/aromatic N) is 2. The van der Waals surface area contributed by atoms with Crippen molar-refractivity contribution in [1.82, 2.24) is 9.97 Å². The highest BCUT2D eigenvalue weighted by Crippen LogP contribution is 2.51. The van der Waals surface area contributed by atoms with E-state index in [1.807, 2.05) is 23.6 Å². The van der Waals surface area contributed by atoms with Crippen LogP contribution in [0.1, 0.15) is 38.5 Å². The van der Waals surface area contributed by atoms with Gasteiger partial charge in [0, 0.05) is 22.5 Å². The summed E-state index contributed by atoms with van der Waals surface area (Å²) in [5.41, 5.74) is 7.70. The van der Waals surface area contributed by atoms with Crippen LogP contribution in [0.4, 0.5) is 5.13 Å². The number of rotatable bonds is 3. The van der Waals surface area contributed by atoms with Gasteiger partial charge in [-0.3, -0.25) is 9.78 Å². The summed E-state index contributed by atoms with van der Waals surface area (Å²) in [6, 6.07) is 5.73. The van der Waals surface area contributed by atoms with Crippen LogP contribution in [0.3, 0.4) is 0 Å². The zero-order valence-corrected chi connectivity index (χ0v) is 13.7. The monoisotopic (exact) mass is 328 g/mol. The molecule has 1 amide bonds. The molecule has 2 heterocycles. The number of anilines is 1. The van der Waals surface area contributed by atoms with Crippen molar-refractivity contribution in [1.29, 1.82) is 0 Å². The first-order valence-electron chi connectivity index (χ1n) is 8.06. The molecular weight excluding hydrogens is 308 g/mol. The van der Waals surface area contributed by atoms with E-state index in [9.17, 15) is 4.79 Å². The van der Waals surface area contributed by atoms with Gasteiger partial charge in [-0.2, -0.15) is 0 Å². The molecule has 0 unspecified atom stereocenters. The summed E-state index contributed by atoms with van der Waals surface area (Å²) < 4.78 is 0. The molecule has 3 N–H and O–H groups in total. The second kappa shape index (κ2) is 5.39. The first-order chi connectivity index (χ1) is 11.1. The lowest BCUT2D eigenvalue weighted by Crippen LogP contribution is -2.55. The van der Waals surface area contributed by atoms with Crippen molar-refractivity contribution in [3.05, 3.63) is 29.8 Å². The van der Waals surface area contributed by atoms with Gasteiger partial charge in [-0.1, -0.05) is 6.07 Å². The fraction of sp³-hybridized carbons (Fsp3) is 0.471. The minimum absolute atomic E-state index is 0.0185. The van der Waals surface area contributed by atoms with Crippen LogP contribution < -0.4 is 11.1 Å². The van der Waals surface area contributed by atoms with Crippen LogP contribution in [0.2, 0.25) is 0 Å². The van der Waals surface area contributed by atoms with E-state index in [4.69, 9.17) is 5.73 Å². The van der Waals surface area contributed by atoms with Gasteiger partial charge in [0.15, 0.2) is 5.13 Å².